The van der Waals surface area contributed by atoms with Crippen LogP contribution in [0.3, 0.4) is 0 Å². The summed E-state index contributed by atoms with van der Waals surface area (Å²) < 4.78 is 68.3. The van der Waals surface area contributed by atoms with E-state index in [0.29, 0.717) is 22.5 Å². The van der Waals surface area contributed by atoms with Crippen LogP contribution in [0.1, 0.15) is 85.6 Å². The normalized spacial score (nSPS) is 19.9. The molecule has 2 aliphatic carbocycles. The number of hydrogen-bond acceptors (Lipinski definition) is 4. The van der Waals surface area contributed by atoms with Gasteiger partial charge < -0.3 is 10.6 Å². The molecule has 0 aliphatic heterocycles. The number of carbonyl (C=O) groups excluding carboxylic acids is 2. The minimum Gasteiger partial charge on any atom is -0.349 e. The van der Waals surface area contributed by atoms with E-state index >= 15 is 0 Å². The third kappa shape index (κ3) is 7.02. The summed E-state index contributed by atoms with van der Waals surface area (Å²) in [6.45, 7) is 0.978. The molecule has 7 nitrogen and oxygen atoms in total. The fraction of sp³-hybridized carbons (Fsp3) is 0.517. The van der Waals surface area contributed by atoms with Crippen LogP contribution in [0.2, 0.25) is 0 Å². The van der Waals surface area contributed by atoms with Crippen molar-refractivity contribution < 1.29 is 31.5 Å². The molecule has 2 amide bonds. The van der Waals surface area contributed by atoms with E-state index in [9.17, 15) is 31.5 Å². The number of rotatable bonds is 9. The number of benzene rings is 1. The standard InChI is InChI=1S/C29H32F5N5O2/c1-17(29(32,33)34)13-24(40)37-25(18-7-8-18)21-14-23-36-22(16-39(23)35-15-21)26(19-9-11-28(30,31)12-10-19)38-27(41)20-5-3-2-4-6-20/h2-6,14-19,25-26H,7-13H2,1H3,(H,37,40)(H,38,41)/t17?,25-,26-/m0/s1. The van der Waals surface area contributed by atoms with E-state index in [1.807, 2.05) is 0 Å². The second-order valence-corrected chi connectivity index (χ2v) is 11.3. The van der Waals surface area contributed by atoms with Gasteiger partial charge in [0.2, 0.25) is 11.8 Å². The zero-order chi connectivity index (χ0) is 29.4. The van der Waals surface area contributed by atoms with E-state index in [0.717, 1.165) is 19.8 Å². The largest absolute Gasteiger partial charge is 0.392 e. The monoisotopic (exact) mass is 577 g/mol. The molecule has 12 heteroatoms. The van der Waals surface area contributed by atoms with E-state index in [2.05, 4.69) is 15.7 Å². The molecule has 0 spiro atoms. The predicted molar refractivity (Wildman–Crippen MR) is 140 cm³/mol. The summed E-state index contributed by atoms with van der Waals surface area (Å²) in [6, 6.07) is 9.18. The van der Waals surface area contributed by atoms with Gasteiger partial charge in [-0.1, -0.05) is 25.1 Å². The van der Waals surface area contributed by atoms with Crippen LogP contribution in [0.15, 0.2) is 48.8 Å². The number of amides is 2. The van der Waals surface area contributed by atoms with Gasteiger partial charge >= 0.3 is 6.18 Å². The highest BCUT2D eigenvalue weighted by molar-refractivity contribution is 5.94. The fourth-order valence-electron chi connectivity index (χ4n) is 5.40. The molecule has 2 N–H and O–H groups in total. The van der Waals surface area contributed by atoms with Gasteiger partial charge in [0.25, 0.3) is 5.91 Å². The summed E-state index contributed by atoms with van der Waals surface area (Å²) in [7, 11) is 0. The smallest absolute Gasteiger partial charge is 0.349 e. The third-order valence-corrected chi connectivity index (χ3v) is 8.05. The first-order valence-corrected chi connectivity index (χ1v) is 13.8. The fourth-order valence-corrected chi connectivity index (χ4v) is 5.40. The molecule has 220 valence electrons. The Kier molecular flexibility index (Phi) is 8.02. The van der Waals surface area contributed by atoms with E-state index in [-0.39, 0.29) is 43.4 Å². The van der Waals surface area contributed by atoms with Crippen molar-refractivity contribution >= 4 is 17.5 Å². The molecule has 0 radical (unpaired) electrons. The Morgan fingerprint density at radius 1 is 1.02 bits per heavy atom. The lowest BCUT2D eigenvalue weighted by Gasteiger charge is -2.33. The SMILES string of the molecule is CC(CC(=O)N[C@H](c1cnn2cc([C@@H](NC(=O)c3ccccc3)C3CCC(F)(F)CC3)nc2c1)C1CC1)C(F)(F)F. The molecule has 0 saturated heterocycles. The maximum atomic E-state index is 13.9. The average Bonchev–Trinajstić information content (AvgIpc) is 3.68. The molecular formula is C29H32F5N5O2. The number of fused-ring (bicyclic) bond motifs is 1. The van der Waals surface area contributed by atoms with E-state index in [1.54, 1.807) is 48.8 Å². The number of hydrogen-bond donors (Lipinski definition) is 2. The van der Waals surface area contributed by atoms with Crippen molar-refractivity contribution in [3.05, 3.63) is 65.6 Å². The van der Waals surface area contributed by atoms with E-state index < -0.39 is 42.4 Å². The van der Waals surface area contributed by atoms with Gasteiger partial charge in [-0.3, -0.25) is 9.59 Å². The Hall–Kier alpha value is -3.57. The van der Waals surface area contributed by atoms with Crippen LogP contribution in [-0.2, 0) is 4.79 Å². The van der Waals surface area contributed by atoms with Gasteiger partial charge in [0.1, 0.15) is 0 Å². The van der Waals surface area contributed by atoms with Crippen molar-refractivity contribution in [2.75, 3.05) is 0 Å². The Bertz CT molecular complexity index is 1380. The van der Waals surface area contributed by atoms with Crippen LogP contribution < -0.4 is 10.6 Å². The van der Waals surface area contributed by atoms with E-state index in [1.165, 1.54) is 4.52 Å². The van der Waals surface area contributed by atoms with Gasteiger partial charge in [-0.05, 0) is 61.3 Å². The first-order chi connectivity index (χ1) is 19.4. The van der Waals surface area contributed by atoms with Crippen molar-refractivity contribution in [3.8, 4) is 0 Å². The van der Waals surface area contributed by atoms with Crippen molar-refractivity contribution in [2.45, 2.75) is 76.1 Å². The number of carbonyl (C=O) groups is 2. The molecule has 3 aromatic rings. The summed E-state index contributed by atoms with van der Waals surface area (Å²) in [6.07, 6.45) is -0.405. The van der Waals surface area contributed by atoms with E-state index in [4.69, 9.17) is 4.98 Å². The second-order valence-electron chi connectivity index (χ2n) is 11.3. The van der Waals surface area contributed by atoms with Crippen LogP contribution >= 0.6 is 0 Å². The van der Waals surface area contributed by atoms with Gasteiger partial charge in [-0.2, -0.15) is 18.3 Å². The minimum atomic E-state index is -4.46. The van der Waals surface area contributed by atoms with Gasteiger partial charge in [0.05, 0.1) is 36.1 Å². The first kappa shape index (κ1) is 28.9. The zero-order valence-electron chi connectivity index (χ0n) is 22.5. The molecule has 5 rings (SSSR count). The Morgan fingerprint density at radius 2 is 1.68 bits per heavy atom. The Morgan fingerprint density at radius 3 is 2.32 bits per heavy atom. The molecule has 1 unspecified atom stereocenters. The van der Waals surface area contributed by atoms with Crippen molar-refractivity contribution in [2.24, 2.45) is 17.8 Å². The molecule has 0 bridgehead atoms. The lowest BCUT2D eigenvalue weighted by molar-refractivity contribution is -0.174. The molecule has 2 aromatic heterocycles. The lowest BCUT2D eigenvalue weighted by Crippen LogP contribution is -2.37. The highest BCUT2D eigenvalue weighted by Gasteiger charge is 2.41. The first-order valence-electron chi connectivity index (χ1n) is 13.8. The highest BCUT2D eigenvalue weighted by Crippen LogP contribution is 2.43. The topological polar surface area (TPSA) is 88.4 Å². The highest BCUT2D eigenvalue weighted by atomic mass is 19.4. The molecule has 2 heterocycles. The maximum absolute atomic E-state index is 13.9. The van der Waals surface area contributed by atoms with Crippen molar-refractivity contribution in [1.82, 2.24) is 25.2 Å². The molecule has 2 aliphatic rings. The quantitative estimate of drug-likeness (QED) is 0.297. The molecule has 1 aromatic carbocycles. The van der Waals surface area contributed by atoms with Crippen LogP contribution in [-0.4, -0.2) is 38.5 Å². The summed E-state index contributed by atoms with van der Waals surface area (Å²) in [5, 5.41) is 10.2. The zero-order valence-corrected chi connectivity index (χ0v) is 22.5. The number of nitrogens with one attached hydrogen (secondary N) is 2. The summed E-state index contributed by atoms with van der Waals surface area (Å²) in [4.78, 5) is 30.2. The Labute approximate surface area is 233 Å². The van der Waals surface area contributed by atoms with Crippen LogP contribution in [0.25, 0.3) is 5.65 Å². The lowest BCUT2D eigenvalue weighted by atomic mass is 9.81. The third-order valence-electron chi connectivity index (χ3n) is 8.05. The van der Waals surface area contributed by atoms with Crippen LogP contribution in [0.5, 0.6) is 0 Å². The van der Waals surface area contributed by atoms with Gasteiger partial charge in [0, 0.05) is 24.8 Å². The van der Waals surface area contributed by atoms with Crippen LogP contribution in [0, 0.1) is 17.8 Å². The molecular weight excluding hydrogens is 545 g/mol. The minimum absolute atomic E-state index is 0.0839. The molecule has 3 atom stereocenters. The number of aromatic nitrogens is 3. The summed E-state index contributed by atoms with van der Waals surface area (Å²) in [5.41, 5.74) is 1.94. The summed E-state index contributed by atoms with van der Waals surface area (Å²) >= 11 is 0. The van der Waals surface area contributed by atoms with Gasteiger partial charge in [-0.25, -0.2) is 18.3 Å². The molecule has 2 fully saturated rings. The van der Waals surface area contributed by atoms with Crippen LogP contribution in [0.4, 0.5) is 22.0 Å². The average molecular weight is 578 g/mol. The number of halogens is 5. The van der Waals surface area contributed by atoms with Crippen molar-refractivity contribution in [1.29, 1.82) is 0 Å². The molecule has 41 heavy (non-hydrogen) atoms. The van der Waals surface area contributed by atoms with Gasteiger partial charge in [0.15, 0.2) is 5.65 Å². The maximum Gasteiger partial charge on any atom is 0.392 e. The number of alkyl halides is 5. The molecule has 2 saturated carbocycles. The van der Waals surface area contributed by atoms with Gasteiger partial charge in [-0.15, -0.1) is 0 Å². The summed E-state index contributed by atoms with van der Waals surface area (Å²) in [5.74, 6) is -5.71. The number of imidazole rings is 1. The predicted octanol–water partition coefficient (Wildman–Crippen LogP) is 6.18. The second kappa shape index (κ2) is 11.4. The Balaban J connectivity index is 1.39. The van der Waals surface area contributed by atoms with Crippen molar-refractivity contribution in [3.63, 3.8) is 0 Å². The number of nitrogens with zero attached hydrogens (tertiary/aromatic N) is 3.